The average Bonchev–Trinajstić information content (AvgIpc) is 2.87. The molecule has 160 valence electrons. The molecule has 2 aromatic rings. The van der Waals surface area contributed by atoms with Crippen molar-refractivity contribution in [2.24, 2.45) is 0 Å². The van der Waals surface area contributed by atoms with Crippen molar-refractivity contribution in [3.8, 4) is 0 Å². The molecule has 0 aromatic heterocycles. The Hall–Kier alpha value is -2.38. The minimum Gasteiger partial charge on any atom is -0.303 e. The quantitative estimate of drug-likeness (QED) is 0.552. The second kappa shape index (κ2) is 8.40. The first-order valence-corrected chi connectivity index (χ1v) is 11.1. The number of hydrogen-bond donors (Lipinski definition) is 0. The van der Waals surface area contributed by atoms with Gasteiger partial charge in [0, 0.05) is 17.7 Å². The lowest BCUT2D eigenvalue weighted by Gasteiger charge is -2.14. The molecule has 7 heteroatoms. The number of aryl methyl sites for hydroxylation is 1. The second-order valence-corrected chi connectivity index (χ2v) is 9.55. The SMILES string of the molecule is C=CCN(C)CCCc1ccc2c(c1)S(=O)(=O)C(C)=C2c1ccc(C(F)(F)F)cc1. The number of hydrogen-bond acceptors (Lipinski definition) is 3. The molecule has 0 radical (unpaired) electrons. The third kappa shape index (κ3) is 4.37. The largest absolute Gasteiger partial charge is 0.416 e. The summed E-state index contributed by atoms with van der Waals surface area (Å²) in [4.78, 5) is 2.53. The summed E-state index contributed by atoms with van der Waals surface area (Å²) in [6, 6.07) is 9.97. The van der Waals surface area contributed by atoms with Crippen LogP contribution in [-0.4, -0.2) is 33.5 Å². The van der Waals surface area contributed by atoms with Crippen LogP contribution in [0.25, 0.3) is 5.57 Å². The van der Waals surface area contributed by atoms with Crippen molar-refractivity contribution in [3.05, 3.63) is 82.3 Å². The fourth-order valence-corrected chi connectivity index (χ4v) is 5.28. The number of sulfone groups is 1. The van der Waals surface area contributed by atoms with Gasteiger partial charge in [-0.1, -0.05) is 30.3 Å². The molecule has 0 atom stereocenters. The van der Waals surface area contributed by atoms with Gasteiger partial charge in [-0.15, -0.1) is 6.58 Å². The molecule has 0 aliphatic carbocycles. The number of halogens is 3. The van der Waals surface area contributed by atoms with Crippen molar-refractivity contribution in [1.29, 1.82) is 0 Å². The van der Waals surface area contributed by atoms with E-state index >= 15 is 0 Å². The van der Waals surface area contributed by atoms with Gasteiger partial charge in [0.15, 0.2) is 0 Å². The van der Waals surface area contributed by atoms with Crippen LogP contribution in [0.15, 0.2) is 64.9 Å². The van der Waals surface area contributed by atoms with E-state index in [9.17, 15) is 21.6 Å². The van der Waals surface area contributed by atoms with Gasteiger partial charge in [-0.25, -0.2) is 8.42 Å². The number of allylic oxidation sites excluding steroid dienone is 1. The van der Waals surface area contributed by atoms with Crippen molar-refractivity contribution < 1.29 is 21.6 Å². The Labute approximate surface area is 175 Å². The minimum atomic E-state index is -4.43. The van der Waals surface area contributed by atoms with Gasteiger partial charge in [-0.2, -0.15) is 13.2 Å². The monoisotopic (exact) mass is 435 g/mol. The number of likely N-dealkylation sites (N-methyl/N-ethyl adjacent to an activating group) is 1. The van der Waals surface area contributed by atoms with Gasteiger partial charge in [-0.05, 0) is 62.7 Å². The third-order valence-electron chi connectivity index (χ3n) is 5.31. The van der Waals surface area contributed by atoms with Crippen LogP contribution in [0.1, 0.15) is 35.6 Å². The van der Waals surface area contributed by atoms with Gasteiger partial charge in [0.05, 0.1) is 15.4 Å². The van der Waals surface area contributed by atoms with Gasteiger partial charge in [0.2, 0.25) is 9.84 Å². The highest BCUT2D eigenvalue weighted by atomic mass is 32.2. The molecule has 30 heavy (non-hydrogen) atoms. The topological polar surface area (TPSA) is 37.4 Å². The number of nitrogens with zero attached hydrogens (tertiary/aromatic N) is 1. The standard InChI is InChI=1S/C23H24F3NO2S/c1-4-13-27(3)14-5-6-17-7-12-20-21(15-17)30(28,29)16(2)22(20)18-8-10-19(11-9-18)23(24,25)26/h4,7-12,15H,1,5-6,13-14H2,2-3H3. The fourth-order valence-electron chi connectivity index (χ4n) is 3.69. The van der Waals surface area contributed by atoms with E-state index in [2.05, 4.69) is 11.5 Å². The molecule has 0 spiro atoms. The lowest BCUT2D eigenvalue weighted by Crippen LogP contribution is -2.19. The van der Waals surface area contributed by atoms with Gasteiger partial charge in [0.25, 0.3) is 0 Å². The fraction of sp³-hybridized carbons (Fsp3) is 0.304. The lowest BCUT2D eigenvalue weighted by atomic mass is 9.95. The van der Waals surface area contributed by atoms with Crippen molar-refractivity contribution in [2.45, 2.75) is 30.8 Å². The van der Waals surface area contributed by atoms with Gasteiger partial charge >= 0.3 is 6.18 Å². The first kappa shape index (κ1) is 22.3. The maximum absolute atomic E-state index is 13.0. The van der Waals surface area contributed by atoms with Gasteiger partial charge < -0.3 is 4.90 Å². The molecule has 1 heterocycles. The molecule has 0 fully saturated rings. The minimum absolute atomic E-state index is 0.167. The molecule has 2 aromatic carbocycles. The molecule has 1 aliphatic rings. The number of benzene rings is 2. The molecule has 0 saturated heterocycles. The summed E-state index contributed by atoms with van der Waals surface area (Å²) in [6.07, 6.45) is -0.990. The van der Waals surface area contributed by atoms with E-state index in [1.165, 1.54) is 19.1 Å². The normalized spacial score (nSPS) is 15.5. The van der Waals surface area contributed by atoms with Crippen molar-refractivity contribution in [3.63, 3.8) is 0 Å². The first-order valence-electron chi connectivity index (χ1n) is 9.62. The van der Waals surface area contributed by atoms with Crippen molar-refractivity contribution in [1.82, 2.24) is 4.90 Å². The zero-order valence-electron chi connectivity index (χ0n) is 17.0. The van der Waals surface area contributed by atoms with E-state index in [-0.39, 0.29) is 9.80 Å². The van der Waals surface area contributed by atoms with Crippen LogP contribution in [0.3, 0.4) is 0 Å². The average molecular weight is 436 g/mol. The Morgan fingerprint density at radius 3 is 2.37 bits per heavy atom. The summed E-state index contributed by atoms with van der Waals surface area (Å²) in [5, 5.41) is 0. The summed E-state index contributed by atoms with van der Waals surface area (Å²) in [5.74, 6) is 0. The van der Waals surface area contributed by atoms with Crippen molar-refractivity contribution in [2.75, 3.05) is 20.1 Å². The predicted molar refractivity (Wildman–Crippen MR) is 113 cm³/mol. The molecular formula is C23H24F3NO2S. The number of fused-ring (bicyclic) bond motifs is 1. The molecule has 1 aliphatic heterocycles. The Kier molecular flexibility index (Phi) is 6.24. The van der Waals surface area contributed by atoms with E-state index < -0.39 is 21.6 Å². The maximum atomic E-state index is 13.0. The van der Waals surface area contributed by atoms with Crippen LogP contribution < -0.4 is 0 Å². The lowest BCUT2D eigenvalue weighted by molar-refractivity contribution is -0.137. The predicted octanol–water partition coefficient (Wildman–Crippen LogP) is 5.32. The highest BCUT2D eigenvalue weighted by Gasteiger charge is 2.34. The van der Waals surface area contributed by atoms with Crippen LogP contribution >= 0.6 is 0 Å². The molecule has 0 unspecified atom stereocenters. The summed E-state index contributed by atoms with van der Waals surface area (Å²) in [7, 11) is -1.66. The third-order valence-corrected chi connectivity index (χ3v) is 7.23. The van der Waals surface area contributed by atoms with Crippen LogP contribution in [0.2, 0.25) is 0 Å². The first-order chi connectivity index (χ1) is 14.1. The van der Waals surface area contributed by atoms with Crippen LogP contribution in [0, 0.1) is 0 Å². The Balaban J connectivity index is 1.89. The van der Waals surface area contributed by atoms with Crippen LogP contribution in [-0.2, 0) is 22.4 Å². The number of alkyl halides is 3. The molecule has 0 bridgehead atoms. The highest BCUT2D eigenvalue weighted by Crippen LogP contribution is 2.43. The van der Waals surface area contributed by atoms with Crippen LogP contribution in [0.5, 0.6) is 0 Å². The maximum Gasteiger partial charge on any atom is 0.416 e. The van der Waals surface area contributed by atoms with Crippen molar-refractivity contribution >= 4 is 15.4 Å². The Morgan fingerprint density at radius 2 is 1.77 bits per heavy atom. The van der Waals surface area contributed by atoms with Gasteiger partial charge in [0.1, 0.15) is 0 Å². The zero-order valence-corrected chi connectivity index (χ0v) is 17.8. The Morgan fingerprint density at radius 1 is 1.10 bits per heavy atom. The molecular weight excluding hydrogens is 411 g/mol. The zero-order chi connectivity index (χ0) is 22.1. The van der Waals surface area contributed by atoms with Crippen LogP contribution in [0.4, 0.5) is 13.2 Å². The van der Waals surface area contributed by atoms with E-state index in [0.717, 1.165) is 43.6 Å². The summed E-state index contributed by atoms with van der Waals surface area (Å²) < 4.78 is 64.5. The summed E-state index contributed by atoms with van der Waals surface area (Å²) >= 11 is 0. The highest BCUT2D eigenvalue weighted by molar-refractivity contribution is 7.95. The van der Waals surface area contributed by atoms with E-state index in [0.29, 0.717) is 16.7 Å². The van der Waals surface area contributed by atoms with Gasteiger partial charge in [-0.3, -0.25) is 0 Å². The molecule has 3 nitrogen and oxygen atoms in total. The van der Waals surface area contributed by atoms with E-state index in [1.54, 1.807) is 12.1 Å². The molecule has 0 amide bonds. The van der Waals surface area contributed by atoms with E-state index in [1.807, 2.05) is 19.2 Å². The molecule has 0 saturated carbocycles. The molecule has 0 N–H and O–H groups in total. The second-order valence-electron chi connectivity index (χ2n) is 7.49. The Bertz CT molecular complexity index is 1080. The molecule has 3 rings (SSSR count). The summed E-state index contributed by atoms with van der Waals surface area (Å²) in [5.41, 5.74) is 1.63. The summed E-state index contributed by atoms with van der Waals surface area (Å²) in [6.45, 7) is 6.87. The van der Waals surface area contributed by atoms with E-state index in [4.69, 9.17) is 0 Å². The smallest absolute Gasteiger partial charge is 0.303 e. The number of rotatable bonds is 7.